The second-order valence-electron chi connectivity index (χ2n) is 11.7. The van der Waals surface area contributed by atoms with E-state index in [-0.39, 0.29) is 17.9 Å². The van der Waals surface area contributed by atoms with Gasteiger partial charge in [0.25, 0.3) is 0 Å². The molecule has 5 saturated carbocycles. The van der Waals surface area contributed by atoms with Crippen molar-refractivity contribution < 1.29 is 20.1 Å². The molecule has 5 aliphatic rings. The van der Waals surface area contributed by atoms with E-state index in [1.54, 1.807) is 0 Å². The second kappa shape index (κ2) is 6.18. The number of ether oxygens (including phenoxy) is 1. The minimum atomic E-state index is -1.19. The number of hydrogen-bond acceptors (Lipinski definition) is 4. The average Bonchev–Trinajstić information content (AvgIpc) is 3.43. The Kier molecular flexibility index (Phi) is 4.37. The van der Waals surface area contributed by atoms with Gasteiger partial charge in [0.05, 0.1) is 12.2 Å². The lowest BCUT2D eigenvalue weighted by Crippen LogP contribution is -2.62. The van der Waals surface area contributed by atoms with Gasteiger partial charge in [-0.2, -0.15) is 0 Å². The SMILES string of the molecule is COC1CC2C(CCC3(C)C2CC(O)C3(O)C(C)CO)C2(C)CCC3CC3C12. The Morgan fingerprint density at radius 3 is 2.46 bits per heavy atom. The van der Waals surface area contributed by atoms with Gasteiger partial charge in [-0.1, -0.05) is 20.8 Å². The zero-order chi connectivity index (χ0) is 20.1. The lowest BCUT2D eigenvalue weighted by Gasteiger charge is -2.63. The molecule has 5 aliphatic carbocycles. The normalized spacial score (nSPS) is 61.0. The molecule has 0 aromatic heterocycles. The fraction of sp³-hybridized carbons (Fsp3) is 1.00. The third kappa shape index (κ3) is 2.22. The fourth-order valence-electron chi connectivity index (χ4n) is 9.50. The van der Waals surface area contributed by atoms with Crippen LogP contribution in [-0.2, 0) is 4.74 Å². The quantitative estimate of drug-likeness (QED) is 0.690. The van der Waals surface area contributed by atoms with E-state index in [1.165, 1.54) is 19.3 Å². The smallest absolute Gasteiger partial charge is 0.101 e. The van der Waals surface area contributed by atoms with Crippen LogP contribution in [0.1, 0.15) is 65.7 Å². The molecule has 0 aromatic rings. The van der Waals surface area contributed by atoms with Gasteiger partial charge in [0.15, 0.2) is 0 Å². The molecule has 0 radical (unpaired) electrons. The standard InChI is InChI=1S/C24H40O4/c1-13(12-25)24(27)20(26)11-18-16-10-19(28-4)21-15-9-14(15)5-7-22(21,2)17(16)6-8-23(18,24)3/h13-21,25-27H,5-12H2,1-4H3. The minimum Gasteiger partial charge on any atom is -0.396 e. The van der Waals surface area contributed by atoms with Gasteiger partial charge in [-0.3, -0.25) is 0 Å². The average molecular weight is 393 g/mol. The molecule has 0 aliphatic heterocycles. The summed E-state index contributed by atoms with van der Waals surface area (Å²) in [5.74, 6) is 3.72. The molecule has 0 spiro atoms. The predicted octanol–water partition coefficient (Wildman–Crippen LogP) is 3.23. The van der Waals surface area contributed by atoms with Crippen molar-refractivity contribution in [3.8, 4) is 0 Å². The summed E-state index contributed by atoms with van der Waals surface area (Å²) < 4.78 is 6.14. The van der Waals surface area contributed by atoms with E-state index in [0.717, 1.165) is 31.1 Å². The van der Waals surface area contributed by atoms with Crippen LogP contribution in [-0.4, -0.2) is 46.8 Å². The van der Waals surface area contributed by atoms with Crippen molar-refractivity contribution in [2.75, 3.05) is 13.7 Å². The molecule has 0 amide bonds. The maximum absolute atomic E-state index is 11.7. The second-order valence-corrected chi connectivity index (χ2v) is 11.7. The zero-order valence-electron chi connectivity index (χ0n) is 18.1. The first-order chi connectivity index (χ1) is 13.2. The number of rotatable bonds is 3. The van der Waals surface area contributed by atoms with Crippen LogP contribution in [0, 0.1) is 52.3 Å². The maximum atomic E-state index is 11.7. The van der Waals surface area contributed by atoms with Crippen molar-refractivity contribution in [3.05, 3.63) is 0 Å². The third-order valence-electron chi connectivity index (χ3n) is 11.1. The van der Waals surface area contributed by atoms with E-state index in [0.29, 0.717) is 41.6 Å². The van der Waals surface area contributed by atoms with Crippen molar-refractivity contribution in [1.29, 1.82) is 0 Å². The van der Waals surface area contributed by atoms with E-state index >= 15 is 0 Å². The molecule has 5 fully saturated rings. The number of hydrogen-bond donors (Lipinski definition) is 3. The monoisotopic (exact) mass is 392 g/mol. The van der Waals surface area contributed by atoms with Crippen LogP contribution < -0.4 is 0 Å². The van der Waals surface area contributed by atoms with Gasteiger partial charge in [0, 0.05) is 25.0 Å². The van der Waals surface area contributed by atoms with Gasteiger partial charge < -0.3 is 20.1 Å². The van der Waals surface area contributed by atoms with Crippen LogP contribution in [0.25, 0.3) is 0 Å². The minimum absolute atomic E-state index is 0.0759. The third-order valence-corrected chi connectivity index (χ3v) is 11.1. The van der Waals surface area contributed by atoms with Crippen LogP contribution in [0.5, 0.6) is 0 Å². The molecule has 12 atom stereocenters. The highest BCUT2D eigenvalue weighted by Gasteiger charge is 2.71. The Labute approximate surface area is 170 Å². The molecule has 0 saturated heterocycles. The number of aliphatic hydroxyl groups is 3. The molecule has 28 heavy (non-hydrogen) atoms. The van der Waals surface area contributed by atoms with Crippen LogP contribution in [0.15, 0.2) is 0 Å². The van der Waals surface area contributed by atoms with Crippen LogP contribution in [0.3, 0.4) is 0 Å². The molecule has 12 unspecified atom stereocenters. The Morgan fingerprint density at radius 1 is 1.04 bits per heavy atom. The van der Waals surface area contributed by atoms with Gasteiger partial charge >= 0.3 is 0 Å². The van der Waals surface area contributed by atoms with Crippen molar-refractivity contribution in [3.63, 3.8) is 0 Å². The lowest BCUT2D eigenvalue weighted by atomic mass is 9.43. The topological polar surface area (TPSA) is 69.9 Å². The highest BCUT2D eigenvalue weighted by molar-refractivity contribution is 5.20. The summed E-state index contributed by atoms with van der Waals surface area (Å²) in [5, 5.41) is 32.5. The molecular weight excluding hydrogens is 352 g/mol. The molecular formula is C24H40O4. The van der Waals surface area contributed by atoms with Crippen LogP contribution in [0.2, 0.25) is 0 Å². The molecule has 5 rings (SSSR count). The van der Waals surface area contributed by atoms with E-state index in [9.17, 15) is 15.3 Å². The predicted molar refractivity (Wildman–Crippen MR) is 107 cm³/mol. The highest BCUT2D eigenvalue weighted by atomic mass is 16.5. The number of aliphatic hydroxyl groups excluding tert-OH is 2. The lowest BCUT2D eigenvalue weighted by molar-refractivity contribution is -0.209. The first-order valence-corrected chi connectivity index (χ1v) is 11.8. The largest absolute Gasteiger partial charge is 0.396 e. The van der Waals surface area contributed by atoms with Crippen molar-refractivity contribution >= 4 is 0 Å². The molecule has 0 heterocycles. The summed E-state index contributed by atoms with van der Waals surface area (Å²) >= 11 is 0. The Morgan fingerprint density at radius 2 is 1.79 bits per heavy atom. The molecule has 0 bridgehead atoms. The van der Waals surface area contributed by atoms with Crippen molar-refractivity contribution in [2.24, 2.45) is 52.3 Å². The Hall–Kier alpha value is -0.160. The van der Waals surface area contributed by atoms with E-state index < -0.39 is 11.7 Å². The van der Waals surface area contributed by atoms with Gasteiger partial charge in [0.2, 0.25) is 0 Å². The Balaban J connectivity index is 1.52. The maximum Gasteiger partial charge on any atom is 0.101 e. The van der Waals surface area contributed by atoms with Crippen molar-refractivity contribution in [1.82, 2.24) is 0 Å². The summed E-state index contributed by atoms with van der Waals surface area (Å²) in [6.07, 6.45) is 7.56. The van der Waals surface area contributed by atoms with Gasteiger partial charge in [-0.05, 0) is 85.9 Å². The first kappa shape index (κ1) is 19.8. The summed E-state index contributed by atoms with van der Waals surface area (Å²) in [6.45, 7) is 6.57. The van der Waals surface area contributed by atoms with Gasteiger partial charge in [0.1, 0.15) is 5.60 Å². The molecule has 4 nitrogen and oxygen atoms in total. The fourth-order valence-corrected chi connectivity index (χ4v) is 9.50. The van der Waals surface area contributed by atoms with Crippen LogP contribution >= 0.6 is 0 Å². The van der Waals surface area contributed by atoms with Crippen molar-refractivity contribution in [2.45, 2.75) is 83.5 Å². The van der Waals surface area contributed by atoms with E-state index in [1.807, 2.05) is 14.0 Å². The molecule has 4 heteroatoms. The van der Waals surface area contributed by atoms with Crippen LogP contribution in [0.4, 0.5) is 0 Å². The molecule has 160 valence electrons. The number of fused-ring (bicyclic) bond motifs is 7. The summed E-state index contributed by atoms with van der Waals surface area (Å²) in [6, 6.07) is 0. The summed E-state index contributed by atoms with van der Waals surface area (Å²) in [5.41, 5.74) is -1.17. The summed E-state index contributed by atoms with van der Waals surface area (Å²) in [4.78, 5) is 0. The molecule has 0 aromatic carbocycles. The van der Waals surface area contributed by atoms with Gasteiger partial charge in [-0.15, -0.1) is 0 Å². The number of methoxy groups -OCH3 is 1. The first-order valence-electron chi connectivity index (χ1n) is 11.8. The van der Waals surface area contributed by atoms with E-state index in [2.05, 4.69) is 13.8 Å². The molecule has 3 N–H and O–H groups in total. The zero-order valence-corrected chi connectivity index (χ0v) is 18.1. The summed E-state index contributed by atoms with van der Waals surface area (Å²) in [7, 11) is 1.90. The highest BCUT2D eigenvalue weighted by Crippen LogP contribution is 2.72. The van der Waals surface area contributed by atoms with Gasteiger partial charge in [-0.25, -0.2) is 0 Å². The van der Waals surface area contributed by atoms with E-state index in [4.69, 9.17) is 4.74 Å². The Bertz CT molecular complexity index is 638.